The number of phosphoric ester groups is 1. The molecule has 0 aliphatic rings. The first kappa shape index (κ1) is 34.1. The standard InChI is InChI=1S/C27H44NO7P/c1-2-3-4-5-6-7-8-9-10-11-12-13-14-15-16-17-18-19-20-21-26(31)27(22-28)35-36(32,33)34-24-25(30)23-29/h10-21,25,27,29-30H,2-9,22-24,28H2,1H3,(H,32,33)/t25-,27?/m1/s1. The van der Waals surface area contributed by atoms with Crippen LogP contribution in [0.4, 0.5) is 0 Å². The highest BCUT2D eigenvalue weighted by atomic mass is 31.2. The highest BCUT2D eigenvalue weighted by Gasteiger charge is 2.29. The van der Waals surface area contributed by atoms with E-state index in [-0.39, 0.29) is 6.54 Å². The van der Waals surface area contributed by atoms with E-state index in [1.807, 2.05) is 30.4 Å². The van der Waals surface area contributed by atoms with Crippen LogP contribution in [0.2, 0.25) is 0 Å². The third-order valence-electron chi connectivity index (χ3n) is 4.80. The smallest absolute Gasteiger partial charge is 0.394 e. The number of unbranched alkanes of at least 4 members (excludes halogenated alkanes) is 7. The molecule has 3 atom stereocenters. The van der Waals surface area contributed by atoms with Crippen molar-refractivity contribution < 1.29 is 33.5 Å². The number of ketones is 1. The van der Waals surface area contributed by atoms with Crippen molar-refractivity contribution in [2.24, 2.45) is 5.73 Å². The lowest BCUT2D eigenvalue weighted by atomic mass is 10.1. The topological polar surface area (TPSA) is 139 Å². The van der Waals surface area contributed by atoms with Crippen molar-refractivity contribution in [2.45, 2.75) is 70.5 Å². The summed E-state index contributed by atoms with van der Waals surface area (Å²) in [6.07, 6.45) is 29.2. The molecule has 0 rings (SSSR count). The van der Waals surface area contributed by atoms with Gasteiger partial charge in [-0.3, -0.25) is 13.8 Å². The third-order valence-corrected chi connectivity index (χ3v) is 5.80. The molecule has 0 radical (unpaired) electrons. The molecule has 8 nitrogen and oxygen atoms in total. The molecule has 36 heavy (non-hydrogen) atoms. The van der Waals surface area contributed by atoms with Gasteiger partial charge in [0.15, 0.2) is 5.78 Å². The fourth-order valence-electron chi connectivity index (χ4n) is 2.80. The Morgan fingerprint density at radius 3 is 1.97 bits per heavy atom. The van der Waals surface area contributed by atoms with E-state index in [2.05, 4.69) is 23.6 Å². The van der Waals surface area contributed by atoms with Crippen LogP contribution in [0.3, 0.4) is 0 Å². The second-order valence-corrected chi connectivity index (χ2v) is 9.48. The van der Waals surface area contributed by atoms with Gasteiger partial charge in [-0.1, -0.05) is 112 Å². The predicted molar refractivity (Wildman–Crippen MR) is 145 cm³/mol. The van der Waals surface area contributed by atoms with Gasteiger partial charge >= 0.3 is 7.82 Å². The monoisotopic (exact) mass is 525 g/mol. The molecule has 0 aromatic rings. The van der Waals surface area contributed by atoms with Crippen LogP contribution in [0.25, 0.3) is 0 Å². The quantitative estimate of drug-likeness (QED) is 0.0681. The number of nitrogens with two attached hydrogens (primary N) is 1. The van der Waals surface area contributed by atoms with Crippen LogP contribution in [-0.2, 0) is 18.4 Å². The van der Waals surface area contributed by atoms with Crippen molar-refractivity contribution in [3.63, 3.8) is 0 Å². The van der Waals surface area contributed by atoms with Gasteiger partial charge in [0.1, 0.15) is 12.2 Å². The SMILES string of the molecule is CCCCCCCCCC=CC=CC=CC=CC=CC=CC(=O)C(CN)OP(=O)(O)OC[C@H](O)CO. The van der Waals surface area contributed by atoms with Crippen molar-refractivity contribution in [3.8, 4) is 0 Å². The maximum Gasteiger partial charge on any atom is 0.473 e. The zero-order chi connectivity index (χ0) is 26.9. The molecule has 2 unspecified atom stereocenters. The van der Waals surface area contributed by atoms with Crippen LogP contribution in [-0.4, -0.2) is 52.9 Å². The molecule has 0 aromatic heterocycles. The van der Waals surface area contributed by atoms with E-state index in [4.69, 9.17) is 20.5 Å². The van der Waals surface area contributed by atoms with E-state index in [1.165, 1.54) is 57.1 Å². The molecule has 0 amide bonds. The third kappa shape index (κ3) is 21.4. The van der Waals surface area contributed by atoms with E-state index in [0.717, 1.165) is 6.42 Å². The lowest BCUT2D eigenvalue weighted by Crippen LogP contribution is -2.31. The summed E-state index contributed by atoms with van der Waals surface area (Å²) < 4.78 is 21.1. The van der Waals surface area contributed by atoms with Crippen molar-refractivity contribution >= 4 is 13.6 Å². The molecule has 5 N–H and O–H groups in total. The molecule has 0 bridgehead atoms. The summed E-state index contributed by atoms with van der Waals surface area (Å²) in [6.45, 7) is 0.628. The fourth-order valence-corrected chi connectivity index (χ4v) is 3.73. The molecule has 204 valence electrons. The maximum atomic E-state index is 12.1. The minimum Gasteiger partial charge on any atom is -0.394 e. The Morgan fingerprint density at radius 2 is 1.42 bits per heavy atom. The zero-order valence-electron chi connectivity index (χ0n) is 21.4. The number of rotatable bonds is 22. The molecule has 0 fully saturated rings. The number of aliphatic hydroxyl groups is 2. The second-order valence-electron chi connectivity index (χ2n) is 8.07. The fraction of sp³-hybridized carbons (Fsp3) is 0.519. The minimum absolute atomic E-state index is 0.337. The Bertz CT molecular complexity index is 787. The number of aliphatic hydroxyl groups excluding tert-OH is 2. The predicted octanol–water partition coefficient (Wildman–Crippen LogP) is 4.85. The molecule has 0 aromatic carbocycles. The van der Waals surface area contributed by atoms with Gasteiger partial charge in [0.2, 0.25) is 0 Å². The van der Waals surface area contributed by atoms with Crippen LogP contribution in [0.5, 0.6) is 0 Å². The summed E-state index contributed by atoms with van der Waals surface area (Å²) >= 11 is 0. The van der Waals surface area contributed by atoms with Gasteiger partial charge < -0.3 is 20.8 Å². The molecule has 0 saturated heterocycles. The first-order valence-electron chi connectivity index (χ1n) is 12.5. The van der Waals surface area contributed by atoms with Gasteiger partial charge in [0.05, 0.1) is 13.2 Å². The average Bonchev–Trinajstić information content (AvgIpc) is 2.87. The first-order valence-corrected chi connectivity index (χ1v) is 14.0. The number of phosphoric acid groups is 1. The van der Waals surface area contributed by atoms with E-state index < -0.39 is 39.0 Å². The largest absolute Gasteiger partial charge is 0.473 e. The van der Waals surface area contributed by atoms with Gasteiger partial charge in [0.25, 0.3) is 0 Å². The minimum atomic E-state index is -4.62. The molecular weight excluding hydrogens is 481 g/mol. The van der Waals surface area contributed by atoms with Gasteiger partial charge in [0, 0.05) is 6.54 Å². The van der Waals surface area contributed by atoms with E-state index >= 15 is 0 Å². The molecule has 9 heteroatoms. The van der Waals surface area contributed by atoms with Crippen molar-refractivity contribution in [1.29, 1.82) is 0 Å². The van der Waals surface area contributed by atoms with E-state index in [0.29, 0.717) is 0 Å². The highest BCUT2D eigenvalue weighted by Crippen LogP contribution is 2.44. The van der Waals surface area contributed by atoms with Gasteiger partial charge in [-0.15, -0.1) is 0 Å². The first-order chi connectivity index (χ1) is 17.4. The van der Waals surface area contributed by atoms with Crippen molar-refractivity contribution in [2.75, 3.05) is 19.8 Å². The molecule has 0 saturated carbocycles. The number of carbonyl (C=O) groups excluding carboxylic acids is 1. The molecule has 0 spiro atoms. The summed E-state index contributed by atoms with van der Waals surface area (Å²) in [5.41, 5.74) is 5.43. The molecule has 0 aliphatic heterocycles. The summed E-state index contributed by atoms with van der Waals surface area (Å²) in [4.78, 5) is 21.7. The molecular formula is C27H44NO7P. The second kappa shape index (κ2) is 23.5. The van der Waals surface area contributed by atoms with Crippen LogP contribution in [0.1, 0.15) is 58.3 Å². The Balaban J connectivity index is 4.17. The van der Waals surface area contributed by atoms with Gasteiger partial charge in [-0.25, -0.2) is 4.57 Å². The van der Waals surface area contributed by atoms with Gasteiger partial charge in [-0.2, -0.15) is 0 Å². The lowest BCUT2D eigenvalue weighted by Gasteiger charge is -2.18. The van der Waals surface area contributed by atoms with Gasteiger partial charge in [-0.05, 0) is 18.9 Å². The van der Waals surface area contributed by atoms with E-state index in [9.17, 15) is 14.3 Å². The Morgan fingerprint density at radius 1 is 0.889 bits per heavy atom. The number of hydrogen-bond donors (Lipinski definition) is 4. The summed E-state index contributed by atoms with van der Waals surface area (Å²) in [7, 11) is -4.62. The zero-order valence-corrected chi connectivity index (χ0v) is 22.3. The summed E-state index contributed by atoms with van der Waals surface area (Å²) in [5.74, 6) is -0.614. The van der Waals surface area contributed by atoms with Crippen LogP contribution in [0.15, 0.2) is 72.9 Å². The Labute approximate surface area is 216 Å². The summed E-state index contributed by atoms with van der Waals surface area (Å²) in [6, 6.07) is 0. The van der Waals surface area contributed by atoms with E-state index in [1.54, 1.807) is 18.2 Å². The van der Waals surface area contributed by atoms with Crippen LogP contribution in [0, 0.1) is 0 Å². The molecule has 0 heterocycles. The number of hydrogen-bond acceptors (Lipinski definition) is 7. The van der Waals surface area contributed by atoms with Crippen LogP contribution < -0.4 is 5.73 Å². The number of carbonyl (C=O) groups is 1. The van der Waals surface area contributed by atoms with Crippen LogP contribution >= 0.6 is 7.82 Å². The Kier molecular flexibility index (Phi) is 22.3. The average molecular weight is 526 g/mol. The lowest BCUT2D eigenvalue weighted by molar-refractivity contribution is -0.121. The van der Waals surface area contributed by atoms with Crippen molar-refractivity contribution in [3.05, 3.63) is 72.9 Å². The highest BCUT2D eigenvalue weighted by molar-refractivity contribution is 7.47. The molecule has 0 aliphatic carbocycles. The maximum absolute atomic E-state index is 12.1. The number of allylic oxidation sites excluding steroid dienone is 11. The normalized spacial score (nSPS) is 16.4. The summed E-state index contributed by atoms with van der Waals surface area (Å²) in [5, 5.41) is 17.8. The Hall–Kier alpha value is -1.90. The van der Waals surface area contributed by atoms with Crippen molar-refractivity contribution in [1.82, 2.24) is 0 Å².